The first-order valence-corrected chi connectivity index (χ1v) is 12.3. The summed E-state index contributed by atoms with van der Waals surface area (Å²) in [5.41, 5.74) is 1.62. The Morgan fingerprint density at radius 3 is 2.44 bits per heavy atom. The number of hydrogen-bond acceptors (Lipinski definition) is 5. The van der Waals surface area contributed by atoms with Crippen molar-refractivity contribution in [3.63, 3.8) is 0 Å². The molecule has 34 heavy (non-hydrogen) atoms. The highest BCUT2D eigenvalue weighted by molar-refractivity contribution is 5.97. The summed E-state index contributed by atoms with van der Waals surface area (Å²) in [7, 11) is 1.63. The zero-order valence-electron chi connectivity index (χ0n) is 19.6. The fourth-order valence-corrected chi connectivity index (χ4v) is 5.42. The third kappa shape index (κ3) is 4.56. The second-order valence-corrected chi connectivity index (χ2v) is 9.36. The van der Waals surface area contributed by atoms with Crippen LogP contribution in [-0.2, 0) is 9.59 Å². The van der Waals surface area contributed by atoms with Gasteiger partial charge in [0.25, 0.3) is 0 Å². The lowest BCUT2D eigenvalue weighted by molar-refractivity contribution is -0.130. The largest absolute Gasteiger partial charge is 0.497 e. The molecule has 0 bridgehead atoms. The van der Waals surface area contributed by atoms with E-state index in [1.165, 1.54) is 12.8 Å². The Morgan fingerprint density at radius 2 is 1.71 bits per heavy atom. The van der Waals surface area contributed by atoms with Crippen molar-refractivity contribution in [1.82, 2.24) is 5.32 Å². The van der Waals surface area contributed by atoms with Gasteiger partial charge in [0.05, 0.1) is 19.1 Å². The number of ether oxygens (including phenoxy) is 3. The molecule has 2 heterocycles. The van der Waals surface area contributed by atoms with E-state index in [1.807, 2.05) is 42.5 Å². The van der Waals surface area contributed by atoms with Gasteiger partial charge in [-0.05, 0) is 49.1 Å². The van der Waals surface area contributed by atoms with Gasteiger partial charge in [-0.3, -0.25) is 9.59 Å². The topological polar surface area (TPSA) is 77.1 Å². The normalized spacial score (nSPS) is 22.9. The van der Waals surface area contributed by atoms with Crippen molar-refractivity contribution in [3.8, 4) is 17.2 Å². The number of methoxy groups -OCH3 is 1. The summed E-state index contributed by atoms with van der Waals surface area (Å²) in [5, 5.41) is 3.33. The SMILES string of the molecule is COc1ccc([C@@H]2[C@@H](C(=O)NC3CCCCCC3)CCC(=O)N2c2ccc3c(c2)OCO3)cc1. The standard InChI is InChI=1S/C27H32N2O5/c1-32-21-11-8-18(9-12-21)26-22(27(31)28-19-6-4-2-3-5-7-19)13-15-25(30)29(26)20-10-14-23-24(16-20)34-17-33-23/h8-12,14,16,19,22,26H,2-7,13,15,17H2,1H3,(H,28,31)/t22-,26+/m0/s1. The highest BCUT2D eigenvalue weighted by Crippen LogP contribution is 2.43. The monoisotopic (exact) mass is 464 g/mol. The van der Waals surface area contributed by atoms with E-state index < -0.39 is 6.04 Å². The fourth-order valence-electron chi connectivity index (χ4n) is 5.42. The lowest BCUT2D eigenvalue weighted by atomic mass is 9.82. The van der Waals surface area contributed by atoms with Gasteiger partial charge in [0.15, 0.2) is 11.5 Å². The Bertz CT molecular complexity index is 1030. The van der Waals surface area contributed by atoms with Crippen LogP contribution in [0.15, 0.2) is 42.5 Å². The van der Waals surface area contributed by atoms with E-state index in [9.17, 15) is 9.59 Å². The lowest BCUT2D eigenvalue weighted by Crippen LogP contribution is -2.50. The molecule has 2 fully saturated rings. The third-order valence-corrected chi connectivity index (χ3v) is 7.23. The minimum absolute atomic E-state index is 0.00167. The van der Waals surface area contributed by atoms with Gasteiger partial charge in [-0.15, -0.1) is 0 Å². The summed E-state index contributed by atoms with van der Waals surface area (Å²) in [5.74, 6) is 1.70. The van der Waals surface area contributed by atoms with Crippen LogP contribution < -0.4 is 24.4 Å². The van der Waals surface area contributed by atoms with Crippen molar-refractivity contribution in [2.45, 2.75) is 63.5 Å². The Hall–Kier alpha value is -3.22. The lowest BCUT2D eigenvalue weighted by Gasteiger charge is -2.41. The maximum Gasteiger partial charge on any atom is 0.231 e. The number of benzene rings is 2. The van der Waals surface area contributed by atoms with Crippen LogP contribution >= 0.6 is 0 Å². The predicted octanol–water partition coefficient (Wildman–Crippen LogP) is 4.75. The molecule has 1 N–H and O–H groups in total. The second-order valence-electron chi connectivity index (χ2n) is 9.36. The van der Waals surface area contributed by atoms with Crippen LogP contribution in [0.1, 0.15) is 63.0 Å². The van der Waals surface area contributed by atoms with Gasteiger partial charge in [-0.2, -0.15) is 0 Å². The first-order valence-electron chi connectivity index (χ1n) is 12.3. The number of carbonyl (C=O) groups is 2. The molecule has 0 spiro atoms. The smallest absolute Gasteiger partial charge is 0.231 e. The van der Waals surface area contributed by atoms with Gasteiger partial charge in [-0.1, -0.05) is 37.8 Å². The highest BCUT2D eigenvalue weighted by Gasteiger charge is 2.42. The van der Waals surface area contributed by atoms with Crippen LogP contribution in [0.25, 0.3) is 0 Å². The molecule has 3 aliphatic rings. The number of fused-ring (bicyclic) bond motifs is 1. The summed E-state index contributed by atoms with van der Waals surface area (Å²) in [6.45, 7) is 0.168. The predicted molar refractivity (Wildman–Crippen MR) is 128 cm³/mol. The molecule has 0 aromatic heterocycles. The Kier molecular flexibility index (Phi) is 6.61. The van der Waals surface area contributed by atoms with Gasteiger partial charge in [-0.25, -0.2) is 0 Å². The van der Waals surface area contributed by atoms with Gasteiger partial charge in [0.2, 0.25) is 18.6 Å². The molecule has 0 unspecified atom stereocenters. The number of nitrogens with one attached hydrogen (secondary N) is 1. The maximum absolute atomic E-state index is 13.6. The van der Waals surface area contributed by atoms with E-state index in [4.69, 9.17) is 14.2 Å². The number of hydrogen-bond donors (Lipinski definition) is 1. The summed E-state index contributed by atoms with van der Waals surface area (Å²) < 4.78 is 16.4. The Balaban J connectivity index is 1.49. The van der Waals surface area contributed by atoms with E-state index in [1.54, 1.807) is 12.0 Å². The number of amides is 2. The first kappa shape index (κ1) is 22.6. The molecule has 7 heteroatoms. The Labute approximate surface area is 200 Å². The minimum Gasteiger partial charge on any atom is -0.497 e. The average molecular weight is 465 g/mol. The fraction of sp³-hybridized carbons (Fsp3) is 0.481. The first-order chi connectivity index (χ1) is 16.6. The zero-order valence-corrected chi connectivity index (χ0v) is 19.6. The van der Waals surface area contributed by atoms with Crippen molar-refractivity contribution in [3.05, 3.63) is 48.0 Å². The molecular weight excluding hydrogens is 432 g/mol. The van der Waals surface area contributed by atoms with Gasteiger partial charge >= 0.3 is 0 Å². The molecule has 2 aliphatic heterocycles. The number of nitrogens with zero attached hydrogens (tertiary/aromatic N) is 1. The maximum atomic E-state index is 13.6. The van der Waals surface area contributed by atoms with Crippen molar-refractivity contribution in [1.29, 1.82) is 0 Å². The summed E-state index contributed by atoms with van der Waals surface area (Å²) >= 11 is 0. The third-order valence-electron chi connectivity index (χ3n) is 7.23. The number of carbonyl (C=O) groups excluding carboxylic acids is 2. The van der Waals surface area contributed by atoms with Gasteiger partial charge in [0.1, 0.15) is 5.75 Å². The molecule has 1 saturated heterocycles. The van der Waals surface area contributed by atoms with E-state index in [0.29, 0.717) is 30.0 Å². The van der Waals surface area contributed by atoms with Crippen LogP contribution in [0.4, 0.5) is 5.69 Å². The summed E-state index contributed by atoms with van der Waals surface area (Å²) in [6, 6.07) is 13.0. The van der Waals surface area contributed by atoms with Gasteiger partial charge < -0.3 is 24.4 Å². The van der Waals surface area contributed by atoms with E-state index in [2.05, 4.69) is 5.32 Å². The number of piperidine rings is 1. The van der Waals surface area contributed by atoms with Crippen molar-refractivity contribution >= 4 is 17.5 Å². The highest BCUT2D eigenvalue weighted by atomic mass is 16.7. The van der Waals surface area contributed by atoms with Crippen LogP contribution in [0.3, 0.4) is 0 Å². The molecule has 5 rings (SSSR count). The molecule has 2 atom stereocenters. The average Bonchev–Trinajstić information content (AvgIpc) is 3.19. The number of rotatable bonds is 5. The summed E-state index contributed by atoms with van der Waals surface area (Å²) in [4.78, 5) is 28.7. The molecule has 0 radical (unpaired) electrons. The Morgan fingerprint density at radius 1 is 0.971 bits per heavy atom. The van der Waals surface area contributed by atoms with E-state index in [-0.39, 0.29) is 30.6 Å². The van der Waals surface area contributed by atoms with E-state index >= 15 is 0 Å². The quantitative estimate of drug-likeness (QED) is 0.647. The molecule has 1 aliphatic carbocycles. The molecule has 2 aromatic carbocycles. The van der Waals surface area contributed by atoms with Crippen LogP contribution in [0, 0.1) is 5.92 Å². The van der Waals surface area contributed by atoms with Crippen LogP contribution in [0.5, 0.6) is 17.2 Å². The van der Waals surface area contributed by atoms with E-state index in [0.717, 1.165) is 37.0 Å². The molecule has 2 aromatic rings. The second kappa shape index (κ2) is 9.95. The van der Waals surface area contributed by atoms with Gasteiger partial charge in [0, 0.05) is 24.2 Å². The van der Waals surface area contributed by atoms with Crippen LogP contribution in [-0.4, -0.2) is 31.8 Å². The molecule has 180 valence electrons. The minimum atomic E-state index is -0.418. The van der Waals surface area contributed by atoms with Crippen molar-refractivity contribution in [2.75, 3.05) is 18.8 Å². The zero-order chi connectivity index (χ0) is 23.5. The molecule has 1 saturated carbocycles. The van der Waals surface area contributed by atoms with Crippen LogP contribution in [0.2, 0.25) is 0 Å². The van der Waals surface area contributed by atoms with Crippen molar-refractivity contribution in [2.24, 2.45) is 5.92 Å². The number of anilines is 1. The molecular formula is C27H32N2O5. The van der Waals surface area contributed by atoms with Crippen molar-refractivity contribution < 1.29 is 23.8 Å². The summed E-state index contributed by atoms with van der Waals surface area (Å²) in [6.07, 6.45) is 7.66. The molecule has 2 amide bonds. The molecule has 7 nitrogen and oxygen atoms in total.